The van der Waals surface area contributed by atoms with Gasteiger partial charge in [-0.2, -0.15) is 0 Å². The Labute approximate surface area is 176 Å². The Hall–Kier alpha value is -2.40. The lowest BCUT2D eigenvalue weighted by atomic mass is 9.85. The molecule has 158 valence electrons. The van der Waals surface area contributed by atoms with Crippen molar-refractivity contribution < 1.29 is 19.1 Å². The van der Waals surface area contributed by atoms with Crippen molar-refractivity contribution in [2.45, 2.75) is 69.3 Å². The van der Waals surface area contributed by atoms with Gasteiger partial charge in [0.25, 0.3) is 0 Å². The van der Waals surface area contributed by atoms with Crippen molar-refractivity contribution in [1.82, 2.24) is 0 Å². The predicted molar refractivity (Wildman–Crippen MR) is 112 cm³/mol. The van der Waals surface area contributed by atoms with Gasteiger partial charge >= 0.3 is 5.63 Å². The van der Waals surface area contributed by atoms with Crippen LogP contribution in [-0.4, -0.2) is 23.6 Å². The molecule has 5 heteroatoms. The molecule has 2 fully saturated rings. The highest BCUT2D eigenvalue weighted by atomic mass is 16.5. The van der Waals surface area contributed by atoms with Gasteiger partial charge in [0.05, 0.1) is 17.2 Å². The zero-order valence-electron chi connectivity index (χ0n) is 17.1. The molecule has 2 aromatic rings. The topological polar surface area (TPSA) is 76.7 Å². The van der Waals surface area contributed by atoms with E-state index in [0.29, 0.717) is 18.1 Å². The fraction of sp³-hybridized carbons (Fsp3) is 0.520. The molecule has 2 aliphatic carbocycles. The zero-order valence-corrected chi connectivity index (χ0v) is 17.1. The van der Waals surface area contributed by atoms with Gasteiger partial charge in [0.15, 0.2) is 5.78 Å². The van der Waals surface area contributed by atoms with Gasteiger partial charge < -0.3 is 14.3 Å². The molecule has 1 aromatic carbocycles. The summed E-state index contributed by atoms with van der Waals surface area (Å²) < 4.78 is 11.7. The second kappa shape index (κ2) is 8.03. The second-order valence-corrected chi connectivity index (χ2v) is 9.00. The van der Waals surface area contributed by atoms with E-state index in [4.69, 9.17) is 9.15 Å². The summed E-state index contributed by atoms with van der Waals surface area (Å²) in [4.78, 5) is 26.2. The van der Waals surface area contributed by atoms with Crippen LogP contribution in [0.15, 0.2) is 39.5 Å². The van der Waals surface area contributed by atoms with Gasteiger partial charge in [0.2, 0.25) is 0 Å². The lowest BCUT2D eigenvalue weighted by molar-refractivity contribution is 0.0941. The van der Waals surface area contributed by atoms with Crippen molar-refractivity contribution in [2.75, 3.05) is 6.61 Å². The van der Waals surface area contributed by atoms with E-state index >= 15 is 0 Å². The molecule has 5 rings (SSSR count). The monoisotopic (exact) mass is 408 g/mol. The number of carbonyl (C=O) groups is 1. The SMILES string of the molecule is O=C1CCCC(CC2CCCO2)c2oc(=O)c(C(c3ccccc3)C3CC3)c(O)c21. The number of carbonyl (C=O) groups excluding carboxylic acids is 1. The largest absolute Gasteiger partial charge is 0.506 e. The number of aromatic hydroxyl groups is 1. The van der Waals surface area contributed by atoms with Gasteiger partial charge in [0.1, 0.15) is 11.5 Å². The van der Waals surface area contributed by atoms with Gasteiger partial charge in [0, 0.05) is 24.9 Å². The highest BCUT2D eigenvalue weighted by Gasteiger charge is 2.40. The predicted octanol–water partition coefficient (Wildman–Crippen LogP) is 4.91. The van der Waals surface area contributed by atoms with Crippen LogP contribution < -0.4 is 5.63 Å². The van der Waals surface area contributed by atoms with Crippen LogP contribution in [0.4, 0.5) is 0 Å². The summed E-state index contributed by atoms with van der Waals surface area (Å²) in [5, 5.41) is 11.3. The normalized spacial score (nSPS) is 25.0. The lowest BCUT2D eigenvalue weighted by Crippen LogP contribution is -2.21. The van der Waals surface area contributed by atoms with Gasteiger partial charge in [-0.15, -0.1) is 0 Å². The minimum atomic E-state index is -0.501. The third-order valence-corrected chi connectivity index (χ3v) is 6.90. The first-order chi connectivity index (χ1) is 14.6. The summed E-state index contributed by atoms with van der Waals surface area (Å²) in [5.41, 5.74) is 0.985. The maximum absolute atomic E-state index is 13.2. The van der Waals surface area contributed by atoms with Crippen molar-refractivity contribution in [3.05, 3.63) is 63.2 Å². The molecule has 3 atom stereocenters. The minimum Gasteiger partial charge on any atom is -0.506 e. The molecule has 2 heterocycles. The third kappa shape index (κ3) is 3.60. The first-order valence-corrected chi connectivity index (χ1v) is 11.2. The molecule has 0 bridgehead atoms. The van der Waals surface area contributed by atoms with Gasteiger partial charge in [-0.05, 0) is 56.4 Å². The van der Waals surface area contributed by atoms with Crippen LogP contribution in [0.2, 0.25) is 0 Å². The highest BCUT2D eigenvalue weighted by Crippen LogP contribution is 2.49. The fourth-order valence-corrected chi connectivity index (χ4v) is 5.29. The van der Waals surface area contributed by atoms with E-state index in [9.17, 15) is 14.7 Å². The molecule has 1 aromatic heterocycles. The number of fused-ring (bicyclic) bond motifs is 1. The van der Waals surface area contributed by atoms with E-state index in [2.05, 4.69) is 0 Å². The molecule has 1 aliphatic heterocycles. The number of ketones is 1. The van der Waals surface area contributed by atoms with E-state index in [1.807, 2.05) is 30.3 Å². The van der Waals surface area contributed by atoms with E-state index < -0.39 is 5.63 Å². The Kier molecular flexibility index (Phi) is 5.23. The van der Waals surface area contributed by atoms with Gasteiger partial charge in [-0.3, -0.25) is 4.79 Å². The average molecular weight is 408 g/mol. The number of Topliss-reactive ketones (excluding diaryl/α,β-unsaturated/α-hetero) is 1. The van der Waals surface area contributed by atoms with E-state index in [-0.39, 0.29) is 40.6 Å². The Bertz CT molecular complexity index is 983. The third-order valence-electron chi connectivity index (χ3n) is 6.90. The summed E-state index contributed by atoms with van der Waals surface area (Å²) in [6, 6.07) is 9.78. The smallest absolute Gasteiger partial charge is 0.343 e. The Balaban J connectivity index is 1.61. The zero-order chi connectivity index (χ0) is 20.7. The maximum Gasteiger partial charge on any atom is 0.343 e. The van der Waals surface area contributed by atoms with Crippen molar-refractivity contribution in [2.24, 2.45) is 5.92 Å². The van der Waals surface area contributed by atoms with Crippen molar-refractivity contribution in [1.29, 1.82) is 0 Å². The van der Waals surface area contributed by atoms with Gasteiger partial charge in [-0.1, -0.05) is 30.3 Å². The molecule has 1 N–H and O–H groups in total. The van der Waals surface area contributed by atoms with Gasteiger partial charge in [-0.25, -0.2) is 4.79 Å². The standard InChI is InChI=1S/C25H28O5/c26-19-10-4-8-17(14-18-9-5-13-29-18)24-21(19)23(27)22(25(28)30-24)20(16-11-12-16)15-6-2-1-3-7-15/h1-3,6-7,16-18,20,27H,4-5,8-14H2. The molecule has 3 unspecified atom stereocenters. The number of hydrogen-bond acceptors (Lipinski definition) is 5. The number of rotatable bonds is 5. The Morgan fingerprint density at radius 2 is 1.83 bits per heavy atom. The first-order valence-electron chi connectivity index (χ1n) is 11.2. The molecular weight excluding hydrogens is 380 g/mol. The molecule has 0 amide bonds. The lowest BCUT2D eigenvalue weighted by Gasteiger charge is -2.22. The van der Waals surface area contributed by atoms with E-state index in [1.165, 1.54) is 0 Å². The first kappa shape index (κ1) is 19.6. The van der Waals surface area contributed by atoms with Crippen molar-refractivity contribution in [3.8, 4) is 5.75 Å². The number of ether oxygens (including phenoxy) is 1. The number of benzene rings is 1. The molecule has 30 heavy (non-hydrogen) atoms. The number of hydrogen-bond donors (Lipinski definition) is 1. The molecule has 1 saturated heterocycles. The summed E-state index contributed by atoms with van der Waals surface area (Å²) in [5.74, 6) is 0.0968. The molecule has 3 aliphatic rings. The van der Waals surface area contributed by atoms with Crippen molar-refractivity contribution >= 4 is 5.78 Å². The second-order valence-electron chi connectivity index (χ2n) is 9.00. The van der Waals surface area contributed by atoms with E-state index in [0.717, 1.165) is 57.1 Å². The summed E-state index contributed by atoms with van der Waals surface area (Å²) in [7, 11) is 0. The van der Waals surface area contributed by atoms with Crippen molar-refractivity contribution in [3.63, 3.8) is 0 Å². The minimum absolute atomic E-state index is 0.0710. The van der Waals surface area contributed by atoms with Crippen LogP contribution in [0.5, 0.6) is 5.75 Å². The average Bonchev–Trinajstić information content (AvgIpc) is 3.47. The van der Waals surface area contributed by atoms with Crippen LogP contribution in [0.3, 0.4) is 0 Å². The molecule has 5 nitrogen and oxygen atoms in total. The molecular formula is C25H28O5. The molecule has 0 spiro atoms. The quantitative estimate of drug-likeness (QED) is 0.712. The summed E-state index contributed by atoms with van der Waals surface area (Å²) in [6.07, 6.45) is 6.77. The molecule has 1 saturated carbocycles. The Morgan fingerprint density at radius 3 is 2.53 bits per heavy atom. The summed E-state index contributed by atoms with van der Waals surface area (Å²) in [6.45, 7) is 0.761. The van der Waals surface area contributed by atoms with E-state index in [1.54, 1.807) is 0 Å². The van der Waals surface area contributed by atoms with Crippen LogP contribution >= 0.6 is 0 Å². The highest BCUT2D eigenvalue weighted by molar-refractivity contribution is 6.00. The van der Waals surface area contributed by atoms with Crippen LogP contribution in [0.1, 0.15) is 90.4 Å². The fourth-order valence-electron chi connectivity index (χ4n) is 5.29. The molecule has 0 radical (unpaired) electrons. The maximum atomic E-state index is 13.2. The van der Waals surface area contributed by atoms with Crippen LogP contribution in [0, 0.1) is 5.92 Å². The van der Waals surface area contributed by atoms with Crippen LogP contribution in [-0.2, 0) is 4.74 Å². The summed E-state index contributed by atoms with van der Waals surface area (Å²) >= 11 is 0. The Morgan fingerprint density at radius 1 is 1.03 bits per heavy atom. The van der Waals surface area contributed by atoms with Crippen LogP contribution in [0.25, 0.3) is 0 Å².